The number of rotatable bonds is 8. The maximum atomic E-state index is 14.6. The van der Waals surface area contributed by atoms with Crippen LogP contribution in [0.5, 0.6) is 0 Å². The Labute approximate surface area is 96.1 Å². The van der Waals surface area contributed by atoms with Crippen LogP contribution in [-0.4, -0.2) is 54.9 Å². The van der Waals surface area contributed by atoms with Crippen LogP contribution in [0.15, 0.2) is 0 Å². The van der Waals surface area contributed by atoms with Crippen molar-refractivity contribution in [3.63, 3.8) is 0 Å². The highest BCUT2D eigenvalue weighted by molar-refractivity contribution is 6.63. The van der Waals surface area contributed by atoms with E-state index in [0.29, 0.717) is 6.61 Å². The Bertz CT molecular complexity index is 214. The average Bonchev–Trinajstić information content (AvgIpc) is 3.13. The van der Waals surface area contributed by atoms with Gasteiger partial charge in [0, 0.05) is 27.8 Å². The van der Waals surface area contributed by atoms with Gasteiger partial charge in [0.1, 0.15) is 6.10 Å². The fourth-order valence-electron chi connectivity index (χ4n) is 1.50. The molecule has 0 amide bonds. The predicted octanol–water partition coefficient (Wildman–Crippen LogP) is 0.895. The van der Waals surface area contributed by atoms with E-state index < -0.39 is 14.3 Å². The zero-order valence-corrected chi connectivity index (χ0v) is 11.1. The lowest BCUT2D eigenvalue weighted by Crippen LogP contribution is -2.62. The highest BCUT2D eigenvalue weighted by Crippen LogP contribution is 2.32. The van der Waals surface area contributed by atoms with Crippen LogP contribution < -0.4 is 0 Å². The largest absolute Gasteiger partial charge is 0.568 e. The molecule has 0 spiro atoms. The minimum atomic E-state index is -3.45. The topological polar surface area (TPSA) is 49.5 Å². The van der Waals surface area contributed by atoms with Crippen molar-refractivity contribution in [2.24, 2.45) is 0 Å². The maximum Gasteiger partial charge on any atom is 0.568 e. The number of halogens is 1. The Hall–Kier alpha value is -0.0531. The van der Waals surface area contributed by atoms with E-state index in [1.165, 1.54) is 21.3 Å². The molecular formula is C9H19FO5Si. The highest BCUT2D eigenvalue weighted by Gasteiger charge is 2.62. The van der Waals surface area contributed by atoms with Gasteiger partial charge in [0.15, 0.2) is 0 Å². The van der Waals surface area contributed by atoms with Crippen molar-refractivity contribution < 1.29 is 27.1 Å². The fourth-order valence-corrected chi connectivity index (χ4v) is 3.61. The number of epoxide rings is 1. The standard InChI is InChI=1S/C9H19FO5Si/c1-5-9(10,15-7-8-6-14-8)16(11-2,12-3)13-4/h8H,5-7H2,1-4H3. The molecule has 1 aliphatic heterocycles. The van der Waals surface area contributed by atoms with E-state index in [0.717, 1.165) is 0 Å². The van der Waals surface area contributed by atoms with E-state index in [2.05, 4.69) is 0 Å². The number of ether oxygens (including phenoxy) is 2. The minimum absolute atomic E-state index is 0.0149. The van der Waals surface area contributed by atoms with Crippen molar-refractivity contribution in [1.29, 1.82) is 0 Å². The third-order valence-corrected chi connectivity index (χ3v) is 5.64. The summed E-state index contributed by atoms with van der Waals surface area (Å²) in [6, 6.07) is 0. The summed E-state index contributed by atoms with van der Waals surface area (Å²) in [5, 5.41) is 0. The van der Waals surface area contributed by atoms with Crippen LogP contribution in [0.25, 0.3) is 0 Å². The van der Waals surface area contributed by atoms with Crippen molar-refractivity contribution in [3.8, 4) is 0 Å². The predicted molar refractivity (Wildman–Crippen MR) is 56.6 cm³/mol. The normalized spacial score (nSPS) is 24.2. The van der Waals surface area contributed by atoms with Crippen molar-refractivity contribution >= 4 is 8.80 Å². The number of hydrogen-bond acceptors (Lipinski definition) is 5. The summed E-state index contributed by atoms with van der Waals surface area (Å²) in [7, 11) is 0.629. The van der Waals surface area contributed by atoms with Gasteiger partial charge in [0.2, 0.25) is 0 Å². The zero-order chi connectivity index (χ0) is 12.2. The first-order chi connectivity index (χ1) is 7.57. The molecule has 0 bridgehead atoms. The first kappa shape index (κ1) is 14.0. The summed E-state index contributed by atoms with van der Waals surface area (Å²) in [6.45, 7) is 2.46. The first-order valence-electron chi connectivity index (χ1n) is 5.17. The molecular weight excluding hydrogens is 235 g/mol. The number of alkyl halides is 1. The van der Waals surface area contributed by atoms with Gasteiger partial charge in [-0.15, -0.1) is 0 Å². The summed E-state index contributed by atoms with van der Waals surface area (Å²) in [5.41, 5.74) is -2.03. The summed E-state index contributed by atoms with van der Waals surface area (Å²) in [4.78, 5) is 0. The van der Waals surface area contributed by atoms with Crippen molar-refractivity contribution in [2.75, 3.05) is 34.5 Å². The average molecular weight is 254 g/mol. The third kappa shape index (κ3) is 2.61. The van der Waals surface area contributed by atoms with Crippen LogP contribution >= 0.6 is 0 Å². The van der Waals surface area contributed by atoms with Gasteiger partial charge < -0.3 is 22.8 Å². The van der Waals surface area contributed by atoms with Gasteiger partial charge in [-0.3, -0.25) is 0 Å². The second kappa shape index (κ2) is 5.52. The monoisotopic (exact) mass is 254 g/mol. The molecule has 1 rings (SSSR count). The maximum absolute atomic E-state index is 14.6. The summed E-state index contributed by atoms with van der Waals surface area (Å²) in [6.07, 6.45) is 0.0838. The lowest BCUT2D eigenvalue weighted by Gasteiger charge is -2.36. The van der Waals surface area contributed by atoms with Gasteiger partial charge in [-0.05, 0) is 0 Å². The van der Waals surface area contributed by atoms with Crippen LogP contribution in [0.3, 0.4) is 0 Å². The van der Waals surface area contributed by atoms with Gasteiger partial charge in [-0.2, -0.15) is 0 Å². The molecule has 96 valence electrons. The van der Waals surface area contributed by atoms with Gasteiger partial charge in [0.05, 0.1) is 13.2 Å². The molecule has 0 aliphatic carbocycles. The lowest BCUT2D eigenvalue weighted by atomic mass is 10.4. The molecule has 0 N–H and O–H groups in total. The van der Waals surface area contributed by atoms with Crippen LogP contribution in [-0.2, 0) is 22.8 Å². The van der Waals surface area contributed by atoms with E-state index >= 15 is 0 Å². The Morgan fingerprint density at radius 1 is 1.31 bits per heavy atom. The zero-order valence-electron chi connectivity index (χ0n) is 10.1. The van der Waals surface area contributed by atoms with Gasteiger partial charge in [-0.1, -0.05) is 6.92 Å². The minimum Gasteiger partial charge on any atom is -0.374 e. The quantitative estimate of drug-likeness (QED) is 0.476. The van der Waals surface area contributed by atoms with Crippen molar-refractivity contribution in [1.82, 2.24) is 0 Å². The van der Waals surface area contributed by atoms with Crippen LogP contribution in [0.4, 0.5) is 4.39 Å². The summed E-state index contributed by atoms with van der Waals surface area (Å²) < 4.78 is 40.1. The SMILES string of the molecule is CCC(F)(OCC1CO1)[Si](OC)(OC)OC. The second-order valence-electron chi connectivity index (χ2n) is 3.52. The molecule has 0 aromatic carbocycles. The van der Waals surface area contributed by atoms with Gasteiger partial charge >= 0.3 is 8.80 Å². The molecule has 5 nitrogen and oxygen atoms in total. The Balaban J connectivity index is 2.71. The van der Waals surface area contributed by atoms with E-state index in [9.17, 15) is 4.39 Å². The Morgan fingerprint density at radius 3 is 2.12 bits per heavy atom. The van der Waals surface area contributed by atoms with Crippen molar-refractivity contribution in [3.05, 3.63) is 0 Å². The van der Waals surface area contributed by atoms with E-state index in [-0.39, 0.29) is 19.1 Å². The Morgan fingerprint density at radius 2 is 1.81 bits per heavy atom. The molecule has 0 aromatic rings. The molecule has 16 heavy (non-hydrogen) atoms. The first-order valence-corrected chi connectivity index (χ1v) is 6.90. The lowest BCUT2D eigenvalue weighted by molar-refractivity contribution is -0.141. The van der Waals surface area contributed by atoms with E-state index in [4.69, 9.17) is 22.8 Å². The van der Waals surface area contributed by atoms with Crippen LogP contribution in [0.1, 0.15) is 13.3 Å². The fraction of sp³-hybridized carbons (Fsp3) is 1.00. The third-order valence-electron chi connectivity index (χ3n) is 2.62. The van der Waals surface area contributed by atoms with Crippen LogP contribution in [0, 0.1) is 0 Å². The molecule has 2 unspecified atom stereocenters. The molecule has 7 heteroatoms. The molecule has 0 aromatic heterocycles. The summed E-state index contributed by atoms with van der Waals surface area (Å²) in [5.74, 6) is 0. The molecule has 1 fully saturated rings. The molecule has 2 atom stereocenters. The number of hydrogen-bond donors (Lipinski definition) is 0. The smallest absolute Gasteiger partial charge is 0.374 e. The second-order valence-corrected chi connectivity index (χ2v) is 6.60. The van der Waals surface area contributed by atoms with Crippen molar-refractivity contribution in [2.45, 2.75) is 24.9 Å². The van der Waals surface area contributed by atoms with E-state index in [1.54, 1.807) is 6.92 Å². The van der Waals surface area contributed by atoms with E-state index in [1.807, 2.05) is 0 Å². The molecule has 1 heterocycles. The Kier molecular flexibility index (Phi) is 4.83. The molecule has 1 aliphatic rings. The van der Waals surface area contributed by atoms with Gasteiger partial charge in [0.25, 0.3) is 5.48 Å². The highest BCUT2D eigenvalue weighted by atomic mass is 28.4. The van der Waals surface area contributed by atoms with Gasteiger partial charge in [-0.25, -0.2) is 4.39 Å². The summed E-state index contributed by atoms with van der Waals surface area (Å²) >= 11 is 0. The molecule has 0 saturated carbocycles. The molecule has 0 radical (unpaired) electrons. The van der Waals surface area contributed by atoms with Crippen LogP contribution in [0.2, 0.25) is 0 Å². The molecule has 1 saturated heterocycles.